The zero-order valence-corrected chi connectivity index (χ0v) is 11.7. The maximum absolute atomic E-state index is 13.5. The molecule has 2 aromatic carbocycles. The van der Waals surface area contributed by atoms with E-state index in [9.17, 15) is 4.39 Å². The molecule has 3 heteroatoms. The molecule has 0 aromatic heterocycles. The van der Waals surface area contributed by atoms with E-state index in [-0.39, 0.29) is 5.82 Å². The minimum atomic E-state index is -0.207. The third-order valence-corrected chi connectivity index (χ3v) is 3.24. The molecular formula is C14H13FIN. The van der Waals surface area contributed by atoms with Gasteiger partial charge in [-0.25, -0.2) is 4.39 Å². The molecule has 1 N–H and O–H groups in total. The van der Waals surface area contributed by atoms with E-state index in [4.69, 9.17) is 0 Å². The fourth-order valence-electron chi connectivity index (χ4n) is 1.57. The minimum Gasteiger partial charge on any atom is -0.379 e. The minimum absolute atomic E-state index is 0.207. The first-order valence-corrected chi connectivity index (χ1v) is 6.47. The van der Waals surface area contributed by atoms with Crippen molar-refractivity contribution in [2.24, 2.45) is 0 Å². The van der Waals surface area contributed by atoms with Gasteiger partial charge in [0.15, 0.2) is 0 Å². The van der Waals surface area contributed by atoms with Crippen molar-refractivity contribution in [3.8, 4) is 0 Å². The number of hydrogen-bond donors (Lipinski definition) is 1. The van der Waals surface area contributed by atoms with E-state index in [0.717, 1.165) is 11.1 Å². The number of rotatable bonds is 3. The van der Waals surface area contributed by atoms with Crippen LogP contribution in [0.5, 0.6) is 0 Å². The summed E-state index contributed by atoms with van der Waals surface area (Å²) in [7, 11) is 0. The smallest absolute Gasteiger partial charge is 0.146 e. The second-order valence-electron chi connectivity index (χ2n) is 3.96. The average molecular weight is 341 g/mol. The Morgan fingerprint density at radius 3 is 2.53 bits per heavy atom. The van der Waals surface area contributed by atoms with Crippen LogP contribution in [0.1, 0.15) is 11.1 Å². The van der Waals surface area contributed by atoms with E-state index in [0.29, 0.717) is 12.2 Å². The fraction of sp³-hybridized carbons (Fsp3) is 0.143. The monoisotopic (exact) mass is 341 g/mol. The zero-order valence-electron chi connectivity index (χ0n) is 9.50. The van der Waals surface area contributed by atoms with Gasteiger partial charge in [-0.2, -0.15) is 0 Å². The number of benzene rings is 2. The topological polar surface area (TPSA) is 12.0 Å². The Balaban J connectivity index is 2.07. The molecule has 0 fully saturated rings. The first-order chi connectivity index (χ1) is 8.15. The molecule has 0 aliphatic rings. The number of anilines is 1. The van der Waals surface area contributed by atoms with Crippen LogP contribution >= 0.6 is 22.6 Å². The summed E-state index contributed by atoms with van der Waals surface area (Å²) in [4.78, 5) is 0. The molecule has 0 atom stereocenters. The summed E-state index contributed by atoms with van der Waals surface area (Å²) in [5.41, 5.74) is 2.76. The molecule has 0 saturated heterocycles. The molecule has 0 spiro atoms. The Morgan fingerprint density at radius 2 is 1.82 bits per heavy atom. The molecule has 2 rings (SSSR count). The summed E-state index contributed by atoms with van der Waals surface area (Å²) in [6.07, 6.45) is 0. The Labute approximate surface area is 114 Å². The molecule has 17 heavy (non-hydrogen) atoms. The van der Waals surface area contributed by atoms with Gasteiger partial charge in [0.2, 0.25) is 0 Å². The molecule has 0 bridgehead atoms. The van der Waals surface area contributed by atoms with Crippen LogP contribution in [0.3, 0.4) is 0 Å². The second-order valence-corrected chi connectivity index (χ2v) is 5.21. The van der Waals surface area contributed by atoms with Crippen LogP contribution in [0.15, 0.2) is 42.5 Å². The van der Waals surface area contributed by atoms with Gasteiger partial charge in [0.05, 0.1) is 5.69 Å². The van der Waals surface area contributed by atoms with Crippen molar-refractivity contribution in [1.29, 1.82) is 0 Å². The van der Waals surface area contributed by atoms with Crippen molar-refractivity contribution < 1.29 is 4.39 Å². The van der Waals surface area contributed by atoms with Gasteiger partial charge in [-0.05, 0) is 64.9 Å². The third kappa shape index (κ3) is 3.43. The third-order valence-electron chi connectivity index (χ3n) is 2.52. The first-order valence-electron chi connectivity index (χ1n) is 5.39. The lowest BCUT2D eigenvalue weighted by Gasteiger charge is -2.08. The van der Waals surface area contributed by atoms with E-state index in [1.165, 1.54) is 9.64 Å². The normalized spacial score (nSPS) is 10.3. The Kier molecular flexibility index (Phi) is 3.99. The SMILES string of the molecule is Cc1ccc(F)c(NCc2ccc(I)cc2)c1. The van der Waals surface area contributed by atoms with Gasteiger partial charge in [-0.1, -0.05) is 18.2 Å². The van der Waals surface area contributed by atoms with Gasteiger partial charge in [0.1, 0.15) is 5.82 Å². The van der Waals surface area contributed by atoms with E-state index in [1.54, 1.807) is 6.07 Å². The van der Waals surface area contributed by atoms with Crippen LogP contribution < -0.4 is 5.32 Å². The Bertz CT molecular complexity index is 508. The largest absolute Gasteiger partial charge is 0.379 e. The highest BCUT2D eigenvalue weighted by molar-refractivity contribution is 14.1. The summed E-state index contributed by atoms with van der Waals surface area (Å²) < 4.78 is 14.7. The van der Waals surface area contributed by atoms with Crippen LogP contribution in [0.2, 0.25) is 0 Å². The fourth-order valence-corrected chi connectivity index (χ4v) is 1.93. The van der Waals surface area contributed by atoms with E-state index >= 15 is 0 Å². The van der Waals surface area contributed by atoms with Gasteiger partial charge in [-0.15, -0.1) is 0 Å². The Hall–Kier alpha value is -1.10. The summed E-state index contributed by atoms with van der Waals surface area (Å²) in [6.45, 7) is 2.59. The van der Waals surface area contributed by atoms with Gasteiger partial charge < -0.3 is 5.32 Å². The van der Waals surface area contributed by atoms with E-state index in [1.807, 2.05) is 37.3 Å². The van der Waals surface area contributed by atoms with Crippen molar-refractivity contribution in [2.75, 3.05) is 5.32 Å². The second kappa shape index (κ2) is 5.49. The first kappa shape index (κ1) is 12.4. The van der Waals surface area contributed by atoms with Crippen molar-refractivity contribution in [2.45, 2.75) is 13.5 Å². The summed E-state index contributed by atoms with van der Waals surface area (Å²) >= 11 is 2.27. The Morgan fingerprint density at radius 1 is 1.12 bits per heavy atom. The lowest BCUT2D eigenvalue weighted by Crippen LogP contribution is -2.01. The quantitative estimate of drug-likeness (QED) is 0.819. The van der Waals surface area contributed by atoms with Crippen LogP contribution in [0, 0.1) is 16.3 Å². The zero-order chi connectivity index (χ0) is 12.3. The van der Waals surface area contributed by atoms with Crippen LogP contribution in [0.25, 0.3) is 0 Å². The van der Waals surface area contributed by atoms with Crippen LogP contribution in [-0.4, -0.2) is 0 Å². The maximum Gasteiger partial charge on any atom is 0.146 e. The molecule has 0 saturated carbocycles. The van der Waals surface area contributed by atoms with E-state index < -0.39 is 0 Å². The van der Waals surface area contributed by atoms with Crippen molar-refractivity contribution in [3.63, 3.8) is 0 Å². The highest BCUT2D eigenvalue weighted by atomic mass is 127. The van der Waals surface area contributed by atoms with Gasteiger partial charge >= 0.3 is 0 Å². The molecule has 1 nitrogen and oxygen atoms in total. The molecule has 88 valence electrons. The van der Waals surface area contributed by atoms with Crippen molar-refractivity contribution in [1.82, 2.24) is 0 Å². The summed E-state index contributed by atoms with van der Waals surface area (Å²) in [5.74, 6) is -0.207. The molecule has 0 radical (unpaired) electrons. The van der Waals surface area contributed by atoms with E-state index in [2.05, 4.69) is 27.9 Å². The van der Waals surface area contributed by atoms with Crippen molar-refractivity contribution in [3.05, 3.63) is 63.0 Å². The lowest BCUT2D eigenvalue weighted by molar-refractivity contribution is 0.629. The number of hydrogen-bond acceptors (Lipinski definition) is 1. The lowest BCUT2D eigenvalue weighted by atomic mass is 10.2. The predicted octanol–water partition coefficient (Wildman–Crippen LogP) is 4.35. The average Bonchev–Trinajstić information content (AvgIpc) is 2.32. The number of nitrogens with one attached hydrogen (secondary N) is 1. The molecule has 0 heterocycles. The van der Waals surface area contributed by atoms with Crippen LogP contribution in [-0.2, 0) is 6.54 Å². The van der Waals surface area contributed by atoms with Gasteiger partial charge in [-0.3, -0.25) is 0 Å². The standard InChI is InChI=1S/C14H13FIN/c1-10-2-7-13(15)14(8-10)17-9-11-3-5-12(16)6-4-11/h2-8,17H,9H2,1H3. The summed E-state index contributed by atoms with van der Waals surface area (Å²) in [6, 6.07) is 13.3. The predicted molar refractivity (Wildman–Crippen MR) is 77.6 cm³/mol. The molecule has 0 unspecified atom stereocenters. The van der Waals surface area contributed by atoms with Crippen molar-refractivity contribution >= 4 is 28.3 Å². The van der Waals surface area contributed by atoms with Crippen LogP contribution in [0.4, 0.5) is 10.1 Å². The molecular weight excluding hydrogens is 328 g/mol. The van der Waals surface area contributed by atoms with Gasteiger partial charge in [0.25, 0.3) is 0 Å². The molecule has 0 aliphatic carbocycles. The molecule has 0 amide bonds. The highest BCUT2D eigenvalue weighted by Gasteiger charge is 2.01. The highest BCUT2D eigenvalue weighted by Crippen LogP contribution is 2.17. The number of aryl methyl sites for hydroxylation is 1. The number of halogens is 2. The molecule has 2 aromatic rings. The summed E-state index contributed by atoms with van der Waals surface area (Å²) in [5, 5.41) is 3.11. The maximum atomic E-state index is 13.5. The molecule has 0 aliphatic heterocycles. The van der Waals surface area contributed by atoms with Gasteiger partial charge in [0, 0.05) is 10.1 Å².